The normalized spacial score (nSPS) is 13.7. The fraction of sp³-hybridized carbons (Fsp3) is 0.250. The standard InChI is InChI=1S/C20H21N3O5/c1-22-12-19(25)23(16-7-5-4-6-14(16)20(22)26)11-18(24)21-15-10-13(27-2)8-9-17(15)28-3/h4-10H,11-12H2,1-3H3,(H,21,24). The minimum atomic E-state index is -0.424. The number of nitrogens with one attached hydrogen (secondary N) is 1. The van der Waals surface area contributed by atoms with Crippen molar-refractivity contribution < 1.29 is 23.9 Å². The number of rotatable bonds is 5. The molecule has 1 N–H and O–H groups in total. The van der Waals surface area contributed by atoms with Gasteiger partial charge >= 0.3 is 0 Å². The van der Waals surface area contributed by atoms with Crippen molar-refractivity contribution in [2.75, 3.05) is 44.6 Å². The average Bonchev–Trinajstić information content (AvgIpc) is 2.78. The number of ether oxygens (including phenoxy) is 2. The lowest BCUT2D eigenvalue weighted by molar-refractivity contribution is -0.121. The van der Waals surface area contributed by atoms with Crippen molar-refractivity contribution in [3.8, 4) is 11.5 Å². The summed E-state index contributed by atoms with van der Waals surface area (Å²) in [6, 6.07) is 11.8. The van der Waals surface area contributed by atoms with Crippen molar-refractivity contribution in [2.24, 2.45) is 0 Å². The van der Waals surface area contributed by atoms with Crippen molar-refractivity contribution in [1.29, 1.82) is 0 Å². The van der Waals surface area contributed by atoms with Gasteiger partial charge < -0.3 is 24.6 Å². The van der Waals surface area contributed by atoms with E-state index in [1.165, 1.54) is 24.0 Å². The van der Waals surface area contributed by atoms with E-state index in [0.29, 0.717) is 28.4 Å². The predicted octanol–water partition coefficient (Wildman–Crippen LogP) is 1.76. The van der Waals surface area contributed by atoms with E-state index in [1.807, 2.05) is 0 Å². The van der Waals surface area contributed by atoms with E-state index in [0.717, 1.165) is 0 Å². The van der Waals surface area contributed by atoms with Gasteiger partial charge in [-0.1, -0.05) is 12.1 Å². The monoisotopic (exact) mass is 383 g/mol. The zero-order valence-electron chi connectivity index (χ0n) is 15.9. The van der Waals surface area contributed by atoms with Crippen LogP contribution in [0.1, 0.15) is 10.4 Å². The zero-order valence-corrected chi connectivity index (χ0v) is 15.9. The van der Waals surface area contributed by atoms with E-state index in [9.17, 15) is 14.4 Å². The lowest BCUT2D eigenvalue weighted by Crippen LogP contribution is -2.41. The Morgan fingerprint density at radius 1 is 1.11 bits per heavy atom. The third-order valence-corrected chi connectivity index (χ3v) is 4.43. The fourth-order valence-electron chi connectivity index (χ4n) is 3.01. The molecule has 0 fully saturated rings. The SMILES string of the molecule is COc1ccc(OC)c(NC(=O)CN2C(=O)CN(C)C(=O)c3ccccc32)c1. The molecule has 3 amide bonds. The van der Waals surface area contributed by atoms with Gasteiger partial charge in [-0.3, -0.25) is 14.4 Å². The van der Waals surface area contributed by atoms with Crippen molar-refractivity contribution in [3.63, 3.8) is 0 Å². The summed E-state index contributed by atoms with van der Waals surface area (Å²) in [6.45, 7) is -0.347. The van der Waals surface area contributed by atoms with Crippen LogP contribution in [0.25, 0.3) is 0 Å². The molecule has 0 bridgehead atoms. The first kappa shape index (κ1) is 19.2. The number of para-hydroxylation sites is 1. The van der Waals surface area contributed by atoms with Gasteiger partial charge in [-0.2, -0.15) is 0 Å². The molecule has 1 heterocycles. The Kier molecular flexibility index (Phi) is 5.49. The number of hydrogen-bond acceptors (Lipinski definition) is 5. The Hall–Kier alpha value is -3.55. The molecule has 146 valence electrons. The van der Waals surface area contributed by atoms with Crippen LogP contribution in [0.3, 0.4) is 0 Å². The highest BCUT2D eigenvalue weighted by molar-refractivity contribution is 6.12. The third-order valence-electron chi connectivity index (χ3n) is 4.43. The maximum atomic E-state index is 12.7. The number of carbonyl (C=O) groups excluding carboxylic acids is 3. The molecule has 2 aromatic rings. The van der Waals surface area contributed by atoms with Gasteiger partial charge in [0.25, 0.3) is 5.91 Å². The Bertz CT molecular complexity index is 928. The molecular formula is C20H21N3O5. The predicted molar refractivity (Wildman–Crippen MR) is 104 cm³/mol. The van der Waals surface area contributed by atoms with Crippen LogP contribution < -0.4 is 19.7 Å². The zero-order chi connectivity index (χ0) is 20.3. The fourth-order valence-corrected chi connectivity index (χ4v) is 3.01. The molecule has 0 aromatic heterocycles. The minimum absolute atomic E-state index is 0.108. The number of amides is 3. The van der Waals surface area contributed by atoms with Gasteiger partial charge in [-0.15, -0.1) is 0 Å². The lowest BCUT2D eigenvalue weighted by atomic mass is 10.1. The summed E-state index contributed by atoms with van der Waals surface area (Å²) in [7, 11) is 4.57. The largest absolute Gasteiger partial charge is 0.497 e. The summed E-state index contributed by atoms with van der Waals surface area (Å²) < 4.78 is 10.4. The molecule has 0 unspecified atom stereocenters. The second-order valence-corrected chi connectivity index (χ2v) is 6.27. The Morgan fingerprint density at radius 2 is 1.86 bits per heavy atom. The van der Waals surface area contributed by atoms with Gasteiger partial charge in [0.1, 0.15) is 24.6 Å². The quantitative estimate of drug-likeness (QED) is 0.850. The molecule has 0 saturated heterocycles. The van der Waals surface area contributed by atoms with Crippen molar-refractivity contribution in [2.45, 2.75) is 0 Å². The van der Waals surface area contributed by atoms with Crippen LogP contribution in [0.2, 0.25) is 0 Å². The average molecular weight is 383 g/mol. The molecule has 3 rings (SSSR count). The first-order valence-corrected chi connectivity index (χ1v) is 8.61. The number of nitrogens with zero attached hydrogens (tertiary/aromatic N) is 2. The second-order valence-electron chi connectivity index (χ2n) is 6.27. The number of likely N-dealkylation sites (N-methyl/N-ethyl adjacent to an activating group) is 1. The molecule has 28 heavy (non-hydrogen) atoms. The Morgan fingerprint density at radius 3 is 2.57 bits per heavy atom. The molecule has 8 nitrogen and oxygen atoms in total. The number of anilines is 2. The van der Waals surface area contributed by atoms with Gasteiger partial charge in [0.2, 0.25) is 11.8 Å². The summed E-state index contributed by atoms with van der Waals surface area (Å²) >= 11 is 0. The number of methoxy groups -OCH3 is 2. The van der Waals surface area contributed by atoms with Crippen LogP contribution in [0.4, 0.5) is 11.4 Å². The molecule has 1 aliphatic heterocycles. The maximum absolute atomic E-state index is 12.7. The molecule has 1 aliphatic rings. The van der Waals surface area contributed by atoms with Crippen LogP contribution in [0.15, 0.2) is 42.5 Å². The topological polar surface area (TPSA) is 88.2 Å². The van der Waals surface area contributed by atoms with E-state index >= 15 is 0 Å². The molecule has 8 heteroatoms. The molecule has 0 atom stereocenters. The summed E-state index contributed by atoms with van der Waals surface area (Å²) in [5.74, 6) is -0.00670. The van der Waals surface area contributed by atoms with Crippen LogP contribution in [-0.4, -0.2) is 57.0 Å². The third kappa shape index (κ3) is 3.75. The summed E-state index contributed by atoms with van der Waals surface area (Å²) in [6.07, 6.45) is 0. The number of hydrogen-bond donors (Lipinski definition) is 1. The van der Waals surface area contributed by atoms with E-state index in [2.05, 4.69) is 5.32 Å². The van der Waals surface area contributed by atoms with Crippen molar-refractivity contribution in [1.82, 2.24) is 4.90 Å². The lowest BCUT2D eigenvalue weighted by Gasteiger charge is -2.22. The smallest absolute Gasteiger partial charge is 0.256 e. The van der Waals surface area contributed by atoms with Gasteiger partial charge in [0.15, 0.2) is 0 Å². The van der Waals surface area contributed by atoms with Crippen LogP contribution in [0, 0.1) is 0 Å². The highest BCUT2D eigenvalue weighted by Gasteiger charge is 2.30. The van der Waals surface area contributed by atoms with Crippen molar-refractivity contribution >= 4 is 29.1 Å². The van der Waals surface area contributed by atoms with Crippen LogP contribution in [0.5, 0.6) is 11.5 Å². The van der Waals surface area contributed by atoms with Gasteiger partial charge in [-0.05, 0) is 24.3 Å². The molecule has 0 saturated carbocycles. The van der Waals surface area contributed by atoms with Gasteiger partial charge in [-0.25, -0.2) is 0 Å². The van der Waals surface area contributed by atoms with Gasteiger partial charge in [0, 0.05) is 13.1 Å². The molecule has 2 aromatic carbocycles. The molecule has 0 radical (unpaired) electrons. The van der Waals surface area contributed by atoms with Crippen LogP contribution >= 0.6 is 0 Å². The van der Waals surface area contributed by atoms with E-state index < -0.39 is 5.91 Å². The molecule has 0 aliphatic carbocycles. The summed E-state index contributed by atoms with van der Waals surface area (Å²) in [5.41, 5.74) is 1.22. The van der Waals surface area contributed by atoms with Gasteiger partial charge in [0.05, 0.1) is 31.2 Å². The molecular weight excluding hydrogens is 362 g/mol. The van der Waals surface area contributed by atoms with Crippen molar-refractivity contribution in [3.05, 3.63) is 48.0 Å². The minimum Gasteiger partial charge on any atom is -0.497 e. The first-order valence-electron chi connectivity index (χ1n) is 8.61. The first-order chi connectivity index (χ1) is 13.4. The van der Waals surface area contributed by atoms with E-state index in [1.54, 1.807) is 49.5 Å². The highest BCUT2D eigenvalue weighted by atomic mass is 16.5. The van der Waals surface area contributed by atoms with E-state index in [4.69, 9.17) is 9.47 Å². The molecule has 0 spiro atoms. The highest BCUT2D eigenvalue weighted by Crippen LogP contribution is 2.29. The van der Waals surface area contributed by atoms with Crippen LogP contribution in [-0.2, 0) is 9.59 Å². The number of carbonyl (C=O) groups is 3. The van der Waals surface area contributed by atoms with E-state index in [-0.39, 0.29) is 24.9 Å². The second kappa shape index (κ2) is 7.99. The maximum Gasteiger partial charge on any atom is 0.256 e. The Balaban J connectivity index is 1.86. The number of benzene rings is 2. The Labute approximate surface area is 162 Å². The summed E-state index contributed by atoms with van der Waals surface area (Å²) in [5, 5.41) is 2.74. The summed E-state index contributed by atoms with van der Waals surface area (Å²) in [4.78, 5) is 40.5. The number of fused-ring (bicyclic) bond motifs is 1.